The van der Waals surface area contributed by atoms with E-state index >= 15 is 0 Å². The number of hydrogen-bond donors (Lipinski definition) is 2. The Morgan fingerprint density at radius 2 is 1.97 bits per heavy atom. The van der Waals surface area contributed by atoms with Crippen molar-refractivity contribution >= 4 is 39.9 Å². The molecule has 1 atom stereocenters. The first-order chi connectivity index (χ1) is 14.6. The van der Waals surface area contributed by atoms with E-state index in [1.165, 1.54) is 16.2 Å². The molecule has 1 aromatic heterocycles. The van der Waals surface area contributed by atoms with Crippen LogP contribution in [0, 0.1) is 0 Å². The Morgan fingerprint density at radius 1 is 1.17 bits per heavy atom. The second-order valence-electron chi connectivity index (χ2n) is 7.03. The summed E-state index contributed by atoms with van der Waals surface area (Å²) in [6.07, 6.45) is 1.01. The zero-order valence-electron chi connectivity index (χ0n) is 17.3. The lowest BCUT2D eigenvalue weighted by Gasteiger charge is -2.22. The second-order valence-corrected chi connectivity index (χ2v) is 11.1. The maximum Gasteiger partial charge on any atom is 0.317 e. The van der Waals surface area contributed by atoms with Crippen LogP contribution in [0.4, 0.5) is 4.79 Å². The van der Waals surface area contributed by atoms with Crippen molar-refractivity contribution in [1.29, 1.82) is 0 Å². The highest BCUT2D eigenvalue weighted by atomic mass is 32.2. The molecule has 1 fully saturated rings. The average Bonchev–Trinajstić information content (AvgIpc) is 3.12. The normalized spacial score (nSPS) is 16.3. The number of nitrogens with two attached hydrogens (primary N) is 1. The van der Waals surface area contributed by atoms with Gasteiger partial charge in [0.15, 0.2) is 0 Å². The van der Waals surface area contributed by atoms with Crippen molar-refractivity contribution in [2.75, 3.05) is 45.0 Å². The molecule has 0 radical (unpaired) electrons. The summed E-state index contributed by atoms with van der Waals surface area (Å²) in [6, 6.07) is 11.9. The smallest absolute Gasteiger partial charge is 0.317 e. The van der Waals surface area contributed by atoms with E-state index in [1.807, 2.05) is 47.9 Å². The zero-order chi connectivity index (χ0) is 21.3. The maximum absolute atomic E-state index is 12.7. The lowest BCUT2D eigenvalue weighted by Crippen LogP contribution is -2.42. The molecule has 2 amide bonds. The number of rotatable bonds is 8. The van der Waals surface area contributed by atoms with E-state index in [9.17, 15) is 9.00 Å². The van der Waals surface area contributed by atoms with Gasteiger partial charge >= 0.3 is 6.03 Å². The minimum atomic E-state index is -1.15. The van der Waals surface area contributed by atoms with Crippen molar-refractivity contribution < 1.29 is 9.00 Å². The summed E-state index contributed by atoms with van der Waals surface area (Å²) < 4.78 is 13.5. The minimum absolute atomic E-state index is 0.0491. The Bertz CT molecular complexity index is 841. The summed E-state index contributed by atoms with van der Waals surface area (Å²) in [4.78, 5) is 19.4. The molecule has 3 N–H and O–H groups in total. The molecule has 1 aliphatic rings. The molecule has 1 saturated heterocycles. The van der Waals surface area contributed by atoms with Crippen molar-refractivity contribution in [3.05, 3.63) is 41.3 Å². The van der Waals surface area contributed by atoms with E-state index in [4.69, 9.17) is 5.73 Å². The number of carbonyl (C=O) groups excluding carboxylic acids is 1. The molecule has 0 aliphatic carbocycles. The van der Waals surface area contributed by atoms with Crippen LogP contribution < -0.4 is 11.1 Å². The Kier molecular flexibility index (Phi) is 9.20. The van der Waals surface area contributed by atoms with Crippen LogP contribution in [0.5, 0.6) is 0 Å². The van der Waals surface area contributed by atoms with Gasteiger partial charge in [-0.25, -0.2) is 9.00 Å². The van der Waals surface area contributed by atoms with Gasteiger partial charge < -0.3 is 20.9 Å². The van der Waals surface area contributed by atoms with Gasteiger partial charge in [-0.15, -0.1) is 23.1 Å². The summed E-state index contributed by atoms with van der Waals surface area (Å²) in [5.41, 5.74) is 5.65. The van der Waals surface area contributed by atoms with Gasteiger partial charge in [0, 0.05) is 59.7 Å². The highest BCUT2D eigenvalue weighted by molar-refractivity contribution is 7.99. The van der Waals surface area contributed by atoms with Gasteiger partial charge in [0.2, 0.25) is 0 Å². The van der Waals surface area contributed by atoms with E-state index in [0.29, 0.717) is 13.1 Å². The maximum atomic E-state index is 12.7. The first kappa shape index (κ1) is 23.3. The van der Waals surface area contributed by atoms with Crippen LogP contribution in [-0.2, 0) is 17.3 Å². The number of thioether (sulfide) groups is 1. The molecule has 3 rings (SSSR count). The monoisotopic (exact) mass is 466 g/mol. The molecule has 2 heterocycles. The fraction of sp³-hybridized carbons (Fsp3) is 0.476. The lowest BCUT2D eigenvalue weighted by molar-refractivity contribution is 0.199. The van der Waals surface area contributed by atoms with Gasteiger partial charge in [-0.05, 0) is 56.3 Å². The van der Waals surface area contributed by atoms with Crippen LogP contribution in [0.2, 0.25) is 0 Å². The number of urea groups is 1. The zero-order valence-corrected chi connectivity index (χ0v) is 19.8. The second kappa shape index (κ2) is 11.9. The van der Waals surface area contributed by atoms with Gasteiger partial charge in [0.1, 0.15) is 0 Å². The number of carbonyl (C=O) groups is 1. The topological polar surface area (TPSA) is 78.7 Å². The van der Waals surface area contributed by atoms with Gasteiger partial charge in [-0.1, -0.05) is 0 Å². The van der Waals surface area contributed by atoms with E-state index in [-0.39, 0.29) is 6.03 Å². The molecular weight excluding hydrogens is 436 g/mol. The number of hydrogen-bond acceptors (Lipinski definition) is 6. The average molecular weight is 467 g/mol. The van der Waals surface area contributed by atoms with Crippen molar-refractivity contribution in [2.45, 2.75) is 33.9 Å². The first-order valence-electron chi connectivity index (χ1n) is 10.3. The van der Waals surface area contributed by atoms with E-state index < -0.39 is 10.8 Å². The molecule has 1 aliphatic heterocycles. The van der Waals surface area contributed by atoms with Gasteiger partial charge in [0.25, 0.3) is 0 Å². The van der Waals surface area contributed by atoms with Crippen LogP contribution >= 0.6 is 23.1 Å². The predicted molar refractivity (Wildman–Crippen MR) is 126 cm³/mol. The molecule has 0 bridgehead atoms. The summed E-state index contributed by atoms with van der Waals surface area (Å²) >= 11 is 3.32. The Labute approximate surface area is 189 Å². The highest BCUT2D eigenvalue weighted by Crippen LogP contribution is 2.26. The van der Waals surface area contributed by atoms with Crippen molar-refractivity contribution in [2.24, 2.45) is 5.73 Å². The Morgan fingerprint density at radius 3 is 2.67 bits per heavy atom. The van der Waals surface area contributed by atoms with Crippen molar-refractivity contribution in [3.63, 3.8) is 0 Å². The molecule has 1 aromatic carbocycles. The third-order valence-electron chi connectivity index (χ3n) is 4.94. The summed E-state index contributed by atoms with van der Waals surface area (Å²) in [7, 11) is -1.15. The summed E-state index contributed by atoms with van der Waals surface area (Å²) in [5, 5.41) is 2.89. The quantitative estimate of drug-likeness (QED) is 0.584. The van der Waals surface area contributed by atoms with Crippen LogP contribution in [0.15, 0.2) is 50.4 Å². The number of amides is 2. The number of thiophene rings is 1. The fourth-order valence-electron chi connectivity index (χ4n) is 3.30. The fourth-order valence-corrected chi connectivity index (χ4v) is 6.54. The molecule has 9 heteroatoms. The van der Waals surface area contributed by atoms with Crippen LogP contribution in [0.3, 0.4) is 0 Å². The molecule has 6 nitrogen and oxygen atoms in total. The molecule has 30 heavy (non-hydrogen) atoms. The predicted octanol–water partition coefficient (Wildman–Crippen LogP) is 3.20. The van der Waals surface area contributed by atoms with Gasteiger partial charge in [-0.3, -0.25) is 0 Å². The SMILES string of the molecule is CCNC(=O)N1CCCN(CCSc2ccc(S(=O)c3ccc(CN)s3)cc2)CC1. The van der Waals surface area contributed by atoms with Crippen molar-refractivity contribution in [1.82, 2.24) is 15.1 Å². The van der Waals surface area contributed by atoms with Gasteiger partial charge in [0.05, 0.1) is 15.0 Å². The molecular formula is C21H30N4O2S3. The van der Waals surface area contributed by atoms with Crippen LogP contribution in [-0.4, -0.2) is 65.1 Å². The van der Waals surface area contributed by atoms with E-state index in [0.717, 1.165) is 58.9 Å². The van der Waals surface area contributed by atoms with E-state index in [1.54, 1.807) is 0 Å². The summed E-state index contributed by atoms with van der Waals surface area (Å²) in [6.45, 7) is 7.66. The minimum Gasteiger partial charge on any atom is -0.338 e. The third-order valence-corrected chi connectivity index (χ3v) is 8.74. The van der Waals surface area contributed by atoms with E-state index in [2.05, 4.69) is 22.3 Å². The Hall–Kier alpha value is -1.39. The first-order valence-corrected chi connectivity index (χ1v) is 13.2. The van der Waals surface area contributed by atoms with Crippen molar-refractivity contribution in [3.8, 4) is 0 Å². The third kappa shape index (κ3) is 6.55. The largest absolute Gasteiger partial charge is 0.338 e. The molecule has 164 valence electrons. The number of nitrogens with one attached hydrogen (secondary N) is 1. The number of benzene rings is 1. The van der Waals surface area contributed by atoms with Crippen LogP contribution in [0.25, 0.3) is 0 Å². The van der Waals surface area contributed by atoms with Gasteiger partial charge in [-0.2, -0.15) is 0 Å². The standard InChI is InChI=1S/C21H30N4O2S3/c1-2-23-21(26)25-11-3-10-24(12-13-25)14-15-28-17-4-7-19(8-5-17)30(27)20-9-6-18(16-22)29-20/h4-9H,2-3,10-16,22H2,1H3,(H,23,26). The van der Waals surface area contributed by atoms with Crippen LogP contribution in [0.1, 0.15) is 18.2 Å². The highest BCUT2D eigenvalue weighted by Gasteiger charge is 2.18. The molecule has 2 aromatic rings. The molecule has 0 spiro atoms. The molecule has 1 unspecified atom stereocenters. The lowest BCUT2D eigenvalue weighted by atomic mass is 10.4. The molecule has 0 saturated carbocycles. The summed E-state index contributed by atoms with van der Waals surface area (Å²) in [5.74, 6) is 0.994. The Balaban J connectivity index is 1.44. The number of nitrogens with zero attached hydrogens (tertiary/aromatic N) is 2.